The summed E-state index contributed by atoms with van der Waals surface area (Å²) in [5, 5.41) is 11.5. The lowest BCUT2D eigenvalue weighted by atomic mass is 10.0. The van der Waals surface area contributed by atoms with E-state index in [9.17, 15) is 14.9 Å². The van der Waals surface area contributed by atoms with Crippen LogP contribution in [0.25, 0.3) is 0 Å². The second kappa shape index (κ2) is 8.44. The predicted molar refractivity (Wildman–Crippen MR) is 97.5 cm³/mol. The first kappa shape index (κ1) is 18.6. The number of aromatic nitrogens is 1. The van der Waals surface area contributed by atoms with Crippen LogP contribution >= 0.6 is 0 Å². The van der Waals surface area contributed by atoms with Crippen molar-refractivity contribution in [3.8, 4) is 0 Å². The van der Waals surface area contributed by atoms with Gasteiger partial charge in [0.1, 0.15) is 0 Å². The molecule has 3 rings (SSSR count). The average Bonchev–Trinajstić information content (AvgIpc) is 2.96. The van der Waals surface area contributed by atoms with E-state index in [1.54, 1.807) is 0 Å². The number of nitro groups is 1. The minimum Gasteiger partial charge on any atom is -0.465 e. The maximum atomic E-state index is 11.7. The van der Waals surface area contributed by atoms with E-state index in [2.05, 4.69) is 14.6 Å². The summed E-state index contributed by atoms with van der Waals surface area (Å²) in [4.78, 5) is 31.5. The van der Waals surface area contributed by atoms with Crippen molar-refractivity contribution in [1.29, 1.82) is 0 Å². The van der Waals surface area contributed by atoms with Gasteiger partial charge in [-0.15, -0.1) is 0 Å². The summed E-state index contributed by atoms with van der Waals surface area (Å²) in [5.41, 5.74) is -0.0338. The first-order valence-corrected chi connectivity index (χ1v) is 9.32. The minimum absolute atomic E-state index is 0.101. The number of carbonyl (C=O) groups is 1. The number of pyridine rings is 1. The number of ether oxygens (including phenoxy) is 1. The Labute approximate surface area is 153 Å². The zero-order valence-corrected chi connectivity index (χ0v) is 15.2. The minimum atomic E-state index is -0.617. The summed E-state index contributed by atoms with van der Waals surface area (Å²) in [6, 6.07) is 1.67. The van der Waals surface area contributed by atoms with Crippen LogP contribution in [0.3, 0.4) is 0 Å². The van der Waals surface area contributed by atoms with Crippen LogP contribution in [-0.2, 0) is 4.74 Å². The molecule has 3 heterocycles. The van der Waals surface area contributed by atoms with Crippen molar-refractivity contribution >= 4 is 17.5 Å². The van der Waals surface area contributed by atoms with Gasteiger partial charge in [-0.05, 0) is 38.8 Å². The molecule has 2 aliphatic heterocycles. The molecule has 8 heteroatoms. The monoisotopic (exact) mass is 362 g/mol. The molecular formula is C18H26N4O4. The van der Waals surface area contributed by atoms with Gasteiger partial charge < -0.3 is 9.64 Å². The van der Waals surface area contributed by atoms with Gasteiger partial charge in [0.15, 0.2) is 0 Å². The smallest absolute Gasteiger partial charge is 0.339 e. The summed E-state index contributed by atoms with van der Waals surface area (Å²) in [7, 11) is 1.25. The molecule has 2 aliphatic rings. The van der Waals surface area contributed by atoms with Gasteiger partial charge in [0.05, 0.1) is 17.6 Å². The zero-order valence-electron chi connectivity index (χ0n) is 15.2. The van der Waals surface area contributed by atoms with Gasteiger partial charge in [-0.3, -0.25) is 15.0 Å². The van der Waals surface area contributed by atoms with E-state index < -0.39 is 10.9 Å². The average molecular weight is 362 g/mol. The molecule has 0 saturated carbocycles. The molecule has 0 bridgehead atoms. The number of esters is 1. The Kier molecular flexibility index (Phi) is 6.03. The van der Waals surface area contributed by atoms with Crippen molar-refractivity contribution in [2.45, 2.75) is 44.6 Å². The molecule has 26 heavy (non-hydrogen) atoms. The second-order valence-electron chi connectivity index (χ2n) is 7.01. The van der Waals surface area contributed by atoms with Gasteiger partial charge >= 0.3 is 11.7 Å². The van der Waals surface area contributed by atoms with E-state index in [1.165, 1.54) is 45.1 Å². The van der Waals surface area contributed by atoms with E-state index in [0.29, 0.717) is 11.9 Å². The fourth-order valence-electron chi connectivity index (χ4n) is 3.96. The van der Waals surface area contributed by atoms with Crippen LogP contribution in [0.1, 0.15) is 48.9 Å². The Morgan fingerprint density at radius 3 is 2.62 bits per heavy atom. The third-order valence-corrected chi connectivity index (χ3v) is 5.32. The molecule has 0 spiro atoms. The van der Waals surface area contributed by atoms with Crippen LogP contribution in [0, 0.1) is 10.1 Å². The summed E-state index contributed by atoms with van der Waals surface area (Å²) >= 11 is 0. The van der Waals surface area contributed by atoms with Crippen LogP contribution < -0.4 is 4.90 Å². The number of nitrogens with zero attached hydrogens (tertiary/aromatic N) is 4. The van der Waals surface area contributed by atoms with Crippen LogP contribution in [0.15, 0.2) is 12.3 Å². The molecule has 1 aromatic rings. The summed E-state index contributed by atoms with van der Waals surface area (Å²) in [6.45, 7) is 3.70. The highest BCUT2D eigenvalue weighted by Crippen LogP contribution is 2.30. The lowest BCUT2D eigenvalue weighted by Crippen LogP contribution is -2.48. The van der Waals surface area contributed by atoms with Gasteiger partial charge in [-0.25, -0.2) is 9.78 Å². The zero-order chi connectivity index (χ0) is 18.5. The standard InChI is InChI=1S/C18H26N4O4/c1-26-18(23)14-11-16(22(24)25)17(19-12-14)21-10-6-7-15(13-21)20-8-4-2-3-5-9-20/h11-12,15H,2-10,13H2,1H3. The molecule has 1 aromatic heterocycles. The third kappa shape index (κ3) is 4.12. The molecule has 0 radical (unpaired) electrons. The van der Waals surface area contributed by atoms with Crippen LogP contribution in [0.2, 0.25) is 0 Å². The van der Waals surface area contributed by atoms with Crippen molar-refractivity contribution in [1.82, 2.24) is 9.88 Å². The van der Waals surface area contributed by atoms with E-state index >= 15 is 0 Å². The number of hydrogen-bond acceptors (Lipinski definition) is 7. The molecule has 0 aliphatic carbocycles. The van der Waals surface area contributed by atoms with Gasteiger partial charge in [-0.1, -0.05) is 12.8 Å². The summed E-state index contributed by atoms with van der Waals surface area (Å²) in [6.07, 6.45) is 8.49. The highest BCUT2D eigenvalue weighted by Gasteiger charge is 2.30. The maximum absolute atomic E-state index is 11.7. The van der Waals surface area contributed by atoms with Crippen molar-refractivity contribution in [2.24, 2.45) is 0 Å². The molecule has 2 saturated heterocycles. The molecule has 8 nitrogen and oxygen atoms in total. The lowest BCUT2D eigenvalue weighted by Gasteiger charge is -2.39. The van der Waals surface area contributed by atoms with Crippen LogP contribution in [0.5, 0.6) is 0 Å². The van der Waals surface area contributed by atoms with E-state index in [-0.39, 0.29) is 11.3 Å². The van der Waals surface area contributed by atoms with Gasteiger partial charge in [0.25, 0.3) is 0 Å². The number of anilines is 1. The number of rotatable bonds is 4. The van der Waals surface area contributed by atoms with Gasteiger partial charge in [-0.2, -0.15) is 0 Å². The van der Waals surface area contributed by atoms with Crippen molar-refractivity contribution in [3.63, 3.8) is 0 Å². The largest absolute Gasteiger partial charge is 0.465 e. The number of likely N-dealkylation sites (tertiary alicyclic amines) is 1. The Bertz CT molecular complexity index is 659. The first-order valence-electron chi connectivity index (χ1n) is 9.32. The quantitative estimate of drug-likeness (QED) is 0.462. The molecule has 0 N–H and O–H groups in total. The molecule has 2 fully saturated rings. The Morgan fingerprint density at radius 2 is 1.96 bits per heavy atom. The third-order valence-electron chi connectivity index (χ3n) is 5.32. The van der Waals surface area contributed by atoms with Crippen LogP contribution in [0.4, 0.5) is 11.5 Å². The summed E-state index contributed by atoms with van der Waals surface area (Å²) < 4.78 is 4.64. The van der Waals surface area contributed by atoms with Crippen molar-refractivity contribution in [3.05, 3.63) is 27.9 Å². The molecule has 0 aromatic carbocycles. The van der Waals surface area contributed by atoms with Crippen LogP contribution in [-0.4, -0.2) is 60.1 Å². The highest BCUT2D eigenvalue weighted by molar-refractivity contribution is 5.90. The molecule has 1 unspecified atom stereocenters. The van der Waals surface area contributed by atoms with E-state index in [1.807, 2.05) is 4.90 Å². The Morgan fingerprint density at radius 1 is 1.23 bits per heavy atom. The SMILES string of the molecule is COC(=O)c1cnc(N2CCCC(N3CCCCCC3)C2)c([N+](=O)[O-])c1. The fourth-order valence-corrected chi connectivity index (χ4v) is 3.96. The number of piperidine rings is 1. The molecule has 0 amide bonds. The number of hydrogen-bond donors (Lipinski definition) is 0. The van der Waals surface area contributed by atoms with Gasteiger partial charge in [0.2, 0.25) is 5.82 Å². The predicted octanol–water partition coefficient (Wildman–Crippen LogP) is 2.62. The second-order valence-corrected chi connectivity index (χ2v) is 7.01. The fraction of sp³-hybridized carbons (Fsp3) is 0.667. The molecule has 142 valence electrons. The number of carbonyl (C=O) groups excluding carboxylic acids is 1. The first-order chi connectivity index (χ1) is 12.6. The molecular weight excluding hydrogens is 336 g/mol. The normalized spacial score (nSPS) is 21.9. The maximum Gasteiger partial charge on any atom is 0.339 e. The Balaban J connectivity index is 1.80. The topological polar surface area (TPSA) is 88.8 Å². The summed E-state index contributed by atoms with van der Waals surface area (Å²) in [5.74, 6) is -0.268. The van der Waals surface area contributed by atoms with Crippen molar-refractivity contribution < 1.29 is 14.5 Å². The Hall–Kier alpha value is -2.22. The van der Waals surface area contributed by atoms with Crippen molar-refractivity contribution in [2.75, 3.05) is 38.2 Å². The lowest BCUT2D eigenvalue weighted by molar-refractivity contribution is -0.384. The van der Waals surface area contributed by atoms with E-state index in [4.69, 9.17) is 0 Å². The van der Waals surface area contributed by atoms with Gasteiger partial charge in [0, 0.05) is 31.4 Å². The highest BCUT2D eigenvalue weighted by atomic mass is 16.6. The molecule has 1 atom stereocenters. The van der Waals surface area contributed by atoms with E-state index in [0.717, 1.165) is 39.0 Å². The number of methoxy groups -OCH3 is 1.